The van der Waals surface area contributed by atoms with Crippen LogP contribution >= 0.6 is 0 Å². The quantitative estimate of drug-likeness (QED) is 0.861. The van der Waals surface area contributed by atoms with Crippen LogP contribution in [0.25, 0.3) is 0 Å². The molecule has 17 heavy (non-hydrogen) atoms. The van der Waals surface area contributed by atoms with Crippen molar-refractivity contribution in [3.63, 3.8) is 0 Å². The zero-order valence-electron chi connectivity index (χ0n) is 10.2. The van der Waals surface area contributed by atoms with Gasteiger partial charge in [-0.2, -0.15) is 0 Å². The Bertz CT molecular complexity index is 415. The smallest absolute Gasteiger partial charge is 0.123 e. The highest BCUT2D eigenvalue weighted by Gasteiger charge is 2.33. The lowest BCUT2D eigenvalue weighted by Crippen LogP contribution is -2.57. The van der Waals surface area contributed by atoms with Gasteiger partial charge in [0.05, 0.1) is 0 Å². The van der Waals surface area contributed by atoms with Crippen LogP contribution in [0.3, 0.4) is 0 Å². The molecule has 1 aromatic rings. The van der Waals surface area contributed by atoms with Crippen LogP contribution < -0.4 is 5.32 Å². The monoisotopic (exact) mass is 234 g/mol. The van der Waals surface area contributed by atoms with E-state index < -0.39 is 0 Å². The molecule has 0 aromatic heterocycles. The van der Waals surface area contributed by atoms with Crippen molar-refractivity contribution in [2.45, 2.75) is 31.8 Å². The summed E-state index contributed by atoms with van der Waals surface area (Å²) in [6, 6.07) is 6.47. The minimum atomic E-state index is -0.0993. The molecule has 3 heteroatoms. The minimum absolute atomic E-state index is 0.0993. The summed E-state index contributed by atoms with van der Waals surface area (Å²) in [5.41, 5.74) is 2.56. The second-order valence-corrected chi connectivity index (χ2v) is 5.04. The van der Waals surface area contributed by atoms with E-state index in [1.54, 1.807) is 12.1 Å². The van der Waals surface area contributed by atoms with Gasteiger partial charge in [-0.3, -0.25) is 4.90 Å². The Morgan fingerprint density at radius 2 is 2.24 bits per heavy atom. The lowest BCUT2D eigenvalue weighted by Gasteiger charge is -2.41. The van der Waals surface area contributed by atoms with E-state index in [4.69, 9.17) is 0 Å². The Morgan fingerprint density at radius 1 is 1.41 bits per heavy atom. The maximum absolute atomic E-state index is 13.2. The molecule has 0 saturated carbocycles. The molecule has 1 aliphatic heterocycles. The third-order valence-corrected chi connectivity index (χ3v) is 4.15. The molecule has 1 aliphatic carbocycles. The van der Waals surface area contributed by atoms with E-state index >= 15 is 0 Å². The number of benzene rings is 1. The number of halogens is 1. The van der Waals surface area contributed by atoms with Crippen molar-refractivity contribution >= 4 is 0 Å². The van der Waals surface area contributed by atoms with E-state index in [9.17, 15) is 4.39 Å². The maximum Gasteiger partial charge on any atom is 0.123 e. The van der Waals surface area contributed by atoms with E-state index in [-0.39, 0.29) is 5.82 Å². The van der Waals surface area contributed by atoms with Gasteiger partial charge in [-0.25, -0.2) is 4.39 Å². The average molecular weight is 234 g/mol. The van der Waals surface area contributed by atoms with Crippen LogP contribution in [-0.2, 0) is 6.42 Å². The van der Waals surface area contributed by atoms with Crippen LogP contribution in [0.1, 0.15) is 30.5 Å². The number of hydrogen-bond donors (Lipinski definition) is 1. The number of aryl methyl sites for hydroxylation is 1. The predicted octanol–water partition coefficient (Wildman–Crippen LogP) is 2.11. The summed E-state index contributed by atoms with van der Waals surface area (Å²) in [6.45, 7) is 5.50. The summed E-state index contributed by atoms with van der Waals surface area (Å²) in [6.07, 6.45) is 2.16. The van der Waals surface area contributed by atoms with Crippen LogP contribution in [0, 0.1) is 5.82 Å². The standard InChI is InChI=1S/C14H19FN2/c1-2-17(12-8-16-9-12)14-6-3-10-7-11(15)4-5-13(10)14/h4-5,7,12,14,16H,2-3,6,8-9H2,1H3. The first-order valence-electron chi connectivity index (χ1n) is 6.54. The van der Waals surface area contributed by atoms with Gasteiger partial charge >= 0.3 is 0 Å². The summed E-state index contributed by atoms with van der Waals surface area (Å²) in [4.78, 5) is 2.57. The molecule has 1 atom stereocenters. The minimum Gasteiger partial charge on any atom is -0.314 e. The molecule has 1 N–H and O–H groups in total. The number of nitrogens with one attached hydrogen (secondary N) is 1. The van der Waals surface area contributed by atoms with Crippen molar-refractivity contribution in [2.75, 3.05) is 19.6 Å². The second-order valence-electron chi connectivity index (χ2n) is 5.04. The van der Waals surface area contributed by atoms with Gasteiger partial charge in [0.25, 0.3) is 0 Å². The van der Waals surface area contributed by atoms with Crippen molar-refractivity contribution in [1.82, 2.24) is 10.2 Å². The molecule has 1 fully saturated rings. The van der Waals surface area contributed by atoms with Gasteiger partial charge in [-0.1, -0.05) is 13.0 Å². The molecule has 3 rings (SSSR count). The summed E-state index contributed by atoms with van der Waals surface area (Å²) in [5.74, 6) is -0.0993. The average Bonchev–Trinajstić information content (AvgIpc) is 2.65. The van der Waals surface area contributed by atoms with Crippen LogP contribution in [0.4, 0.5) is 4.39 Å². The normalized spacial score (nSPS) is 23.8. The van der Waals surface area contributed by atoms with Crippen molar-refractivity contribution in [3.05, 3.63) is 35.1 Å². The maximum atomic E-state index is 13.2. The molecular formula is C14H19FN2. The first-order chi connectivity index (χ1) is 8.29. The van der Waals surface area contributed by atoms with Crippen LogP contribution in [0.2, 0.25) is 0 Å². The third kappa shape index (κ3) is 1.87. The second kappa shape index (κ2) is 4.39. The van der Waals surface area contributed by atoms with Gasteiger partial charge in [0.1, 0.15) is 5.82 Å². The van der Waals surface area contributed by atoms with E-state index in [0.717, 1.165) is 32.5 Å². The Labute approximate surface area is 102 Å². The molecule has 0 radical (unpaired) electrons. The molecule has 1 heterocycles. The van der Waals surface area contributed by atoms with Gasteiger partial charge in [0, 0.05) is 25.2 Å². The first-order valence-corrected chi connectivity index (χ1v) is 6.54. The molecule has 1 aromatic carbocycles. The summed E-state index contributed by atoms with van der Waals surface area (Å²) < 4.78 is 13.2. The Hall–Kier alpha value is -0.930. The fraction of sp³-hybridized carbons (Fsp3) is 0.571. The zero-order valence-corrected chi connectivity index (χ0v) is 10.2. The lowest BCUT2D eigenvalue weighted by molar-refractivity contribution is 0.101. The summed E-state index contributed by atoms with van der Waals surface area (Å²) >= 11 is 0. The van der Waals surface area contributed by atoms with Crippen LogP contribution in [0.15, 0.2) is 18.2 Å². The lowest BCUT2D eigenvalue weighted by atomic mass is 10.0. The Balaban J connectivity index is 1.86. The fourth-order valence-corrected chi connectivity index (χ4v) is 3.15. The Morgan fingerprint density at radius 3 is 2.88 bits per heavy atom. The van der Waals surface area contributed by atoms with Gasteiger partial charge in [-0.15, -0.1) is 0 Å². The van der Waals surface area contributed by atoms with E-state index in [1.807, 2.05) is 6.07 Å². The molecule has 1 saturated heterocycles. The largest absolute Gasteiger partial charge is 0.314 e. The number of hydrogen-bond acceptors (Lipinski definition) is 2. The molecule has 0 bridgehead atoms. The SMILES string of the molecule is CCN(C1CNC1)C1CCc2cc(F)ccc21. The number of rotatable bonds is 3. The topological polar surface area (TPSA) is 15.3 Å². The highest BCUT2D eigenvalue weighted by Crippen LogP contribution is 2.37. The summed E-state index contributed by atoms with van der Waals surface area (Å²) in [7, 11) is 0. The van der Waals surface area contributed by atoms with Crippen LogP contribution in [0.5, 0.6) is 0 Å². The zero-order chi connectivity index (χ0) is 11.8. The highest BCUT2D eigenvalue weighted by molar-refractivity contribution is 5.35. The van der Waals surface area contributed by atoms with Gasteiger partial charge in [-0.05, 0) is 42.6 Å². The number of likely N-dealkylation sites (N-methyl/N-ethyl adjacent to an activating group) is 1. The molecule has 0 spiro atoms. The first kappa shape index (κ1) is 11.2. The van der Waals surface area contributed by atoms with Crippen molar-refractivity contribution in [1.29, 1.82) is 0 Å². The molecule has 2 aliphatic rings. The van der Waals surface area contributed by atoms with Crippen LogP contribution in [-0.4, -0.2) is 30.6 Å². The Kier molecular flexibility index (Phi) is 2.89. The summed E-state index contributed by atoms with van der Waals surface area (Å²) in [5, 5.41) is 3.33. The fourth-order valence-electron chi connectivity index (χ4n) is 3.15. The highest BCUT2D eigenvalue weighted by atomic mass is 19.1. The molecule has 0 amide bonds. The number of fused-ring (bicyclic) bond motifs is 1. The van der Waals surface area contributed by atoms with Crippen molar-refractivity contribution in [2.24, 2.45) is 0 Å². The van der Waals surface area contributed by atoms with Gasteiger partial charge in [0.15, 0.2) is 0 Å². The molecule has 1 unspecified atom stereocenters. The van der Waals surface area contributed by atoms with E-state index in [1.165, 1.54) is 11.1 Å². The predicted molar refractivity (Wildman–Crippen MR) is 66.5 cm³/mol. The third-order valence-electron chi connectivity index (χ3n) is 4.15. The van der Waals surface area contributed by atoms with Crippen molar-refractivity contribution in [3.8, 4) is 0 Å². The molecule has 2 nitrogen and oxygen atoms in total. The molecular weight excluding hydrogens is 215 g/mol. The van der Waals surface area contributed by atoms with E-state index in [0.29, 0.717) is 12.1 Å². The van der Waals surface area contributed by atoms with Gasteiger partial charge in [0.2, 0.25) is 0 Å². The number of nitrogens with zero attached hydrogens (tertiary/aromatic N) is 1. The molecule has 92 valence electrons. The van der Waals surface area contributed by atoms with E-state index in [2.05, 4.69) is 17.1 Å². The van der Waals surface area contributed by atoms with Crippen molar-refractivity contribution < 1.29 is 4.39 Å². The van der Waals surface area contributed by atoms with Gasteiger partial charge < -0.3 is 5.32 Å².